The molecule has 0 radical (unpaired) electrons. The molecule has 0 unspecified atom stereocenters. The van der Waals surface area contributed by atoms with E-state index in [9.17, 15) is 14.4 Å². The molecule has 8 heteroatoms. The zero-order valence-corrected chi connectivity index (χ0v) is 15.4. The summed E-state index contributed by atoms with van der Waals surface area (Å²) < 4.78 is 5.16. The van der Waals surface area contributed by atoms with E-state index in [-0.39, 0.29) is 36.2 Å². The van der Waals surface area contributed by atoms with Crippen LogP contribution in [-0.4, -0.2) is 71.8 Å². The Bertz CT molecular complexity index is 697. The number of carbonyl (C=O) groups excluding carboxylic acids is 3. The Morgan fingerprint density at radius 3 is 2.63 bits per heavy atom. The molecule has 4 rings (SSSR count). The summed E-state index contributed by atoms with van der Waals surface area (Å²) in [7, 11) is 0. The highest BCUT2D eigenvalue weighted by Crippen LogP contribution is 2.19. The first-order valence-corrected chi connectivity index (χ1v) is 9.88. The van der Waals surface area contributed by atoms with Crippen molar-refractivity contribution in [1.29, 1.82) is 0 Å². The van der Waals surface area contributed by atoms with Crippen molar-refractivity contribution in [2.45, 2.75) is 50.2 Å². The van der Waals surface area contributed by atoms with E-state index in [0.29, 0.717) is 38.0 Å². The highest BCUT2D eigenvalue weighted by Gasteiger charge is 2.41. The smallest absolute Gasteiger partial charge is 0.289 e. The monoisotopic (exact) mass is 375 g/mol. The topological polar surface area (TPSA) is 99.5 Å². The summed E-state index contributed by atoms with van der Waals surface area (Å²) in [5.74, 6) is 0.157. The van der Waals surface area contributed by atoms with Crippen molar-refractivity contribution in [3.8, 4) is 0 Å². The number of piperazine rings is 2. The van der Waals surface area contributed by atoms with Crippen LogP contribution in [0.4, 0.5) is 0 Å². The van der Waals surface area contributed by atoms with Crippen LogP contribution in [0.1, 0.15) is 42.7 Å². The van der Waals surface area contributed by atoms with Crippen molar-refractivity contribution < 1.29 is 24.1 Å². The van der Waals surface area contributed by atoms with Gasteiger partial charge in [0.1, 0.15) is 6.04 Å². The van der Waals surface area contributed by atoms with E-state index >= 15 is 0 Å². The lowest BCUT2D eigenvalue weighted by Gasteiger charge is -2.38. The number of fused-ring (bicyclic) bond motifs is 1. The Kier molecular flexibility index (Phi) is 5.15. The molecule has 3 atom stereocenters. The molecule has 1 saturated carbocycles. The van der Waals surface area contributed by atoms with Gasteiger partial charge in [-0.05, 0) is 25.0 Å². The van der Waals surface area contributed by atoms with Gasteiger partial charge in [-0.2, -0.15) is 0 Å². The Morgan fingerprint density at radius 2 is 1.89 bits per heavy atom. The average molecular weight is 375 g/mol. The van der Waals surface area contributed by atoms with E-state index < -0.39 is 0 Å². The fourth-order valence-corrected chi connectivity index (χ4v) is 4.44. The first kappa shape index (κ1) is 18.0. The van der Waals surface area contributed by atoms with E-state index in [1.807, 2.05) is 0 Å². The molecule has 3 heterocycles. The van der Waals surface area contributed by atoms with Gasteiger partial charge in [0.15, 0.2) is 11.8 Å². The van der Waals surface area contributed by atoms with Crippen molar-refractivity contribution >= 4 is 17.7 Å². The molecule has 0 bridgehead atoms. The van der Waals surface area contributed by atoms with Gasteiger partial charge >= 0.3 is 0 Å². The summed E-state index contributed by atoms with van der Waals surface area (Å²) in [6, 6.07) is 3.66. The molecule has 8 nitrogen and oxygen atoms in total. The lowest BCUT2D eigenvalue weighted by Crippen LogP contribution is -3.03. The van der Waals surface area contributed by atoms with E-state index in [2.05, 4.69) is 10.6 Å². The molecular weight excluding hydrogens is 348 g/mol. The minimum atomic E-state index is -0.334. The molecule has 0 spiro atoms. The molecule has 3 fully saturated rings. The number of hydrogen-bond acceptors (Lipinski definition) is 4. The number of carbonyl (C=O) groups is 3. The number of rotatable bonds is 3. The van der Waals surface area contributed by atoms with E-state index in [4.69, 9.17) is 4.42 Å². The zero-order chi connectivity index (χ0) is 18.8. The van der Waals surface area contributed by atoms with Gasteiger partial charge in [0, 0.05) is 32.6 Å². The third kappa shape index (κ3) is 3.85. The highest BCUT2D eigenvalue weighted by atomic mass is 16.3. The second-order valence-corrected chi connectivity index (χ2v) is 7.72. The van der Waals surface area contributed by atoms with Gasteiger partial charge in [-0.15, -0.1) is 0 Å². The molecule has 1 aliphatic carbocycles. The maximum atomic E-state index is 12.7. The predicted octanol–water partition coefficient (Wildman–Crippen LogP) is -0.673. The summed E-state index contributed by atoms with van der Waals surface area (Å²) in [6.07, 6.45) is 6.21. The second-order valence-electron chi connectivity index (χ2n) is 7.72. The van der Waals surface area contributed by atoms with Crippen LogP contribution in [0.3, 0.4) is 0 Å². The Balaban J connectivity index is 1.28. The summed E-state index contributed by atoms with van der Waals surface area (Å²) in [6.45, 7) is 1.95. The van der Waals surface area contributed by atoms with Crippen LogP contribution in [0.5, 0.6) is 0 Å². The summed E-state index contributed by atoms with van der Waals surface area (Å²) in [5.41, 5.74) is 0. The predicted molar refractivity (Wildman–Crippen MR) is 95.7 cm³/mol. The lowest BCUT2D eigenvalue weighted by molar-refractivity contribution is -0.718. The number of nitrogens with zero attached hydrogens (tertiary/aromatic N) is 2. The van der Waals surface area contributed by atoms with Crippen LogP contribution in [0, 0.1) is 0 Å². The molecule has 2 saturated heterocycles. The van der Waals surface area contributed by atoms with Gasteiger partial charge in [-0.25, -0.2) is 0 Å². The molecule has 3 N–H and O–H groups in total. The number of furan rings is 1. The van der Waals surface area contributed by atoms with Crippen LogP contribution in [0.15, 0.2) is 22.8 Å². The minimum absolute atomic E-state index is 0.00856. The molecule has 1 aromatic heterocycles. The fraction of sp³-hybridized carbons (Fsp3) is 0.632. The van der Waals surface area contributed by atoms with Crippen LogP contribution < -0.4 is 10.6 Å². The second kappa shape index (κ2) is 7.72. The van der Waals surface area contributed by atoms with Gasteiger partial charge in [0.25, 0.3) is 11.8 Å². The summed E-state index contributed by atoms with van der Waals surface area (Å²) >= 11 is 0. The SMILES string of the molecule is O=C1N[C@H]2CCCC[C@H]2[NH2+][C@@H]1CC(=O)N1CCN(C(=O)c2ccco2)CC1. The van der Waals surface area contributed by atoms with Crippen molar-refractivity contribution in [1.82, 2.24) is 15.1 Å². The average Bonchev–Trinajstić information content (AvgIpc) is 3.23. The summed E-state index contributed by atoms with van der Waals surface area (Å²) in [4.78, 5) is 40.8. The van der Waals surface area contributed by atoms with Crippen LogP contribution in [0.25, 0.3) is 0 Å². The number of nitrogens with one attached hydrogen (secondary N) is 1. The minimum Gasteiger partial charge on any atom is -0.459 e. The molecule has 3 amide bonds. The molecule has 1 aromatic rings. The Morgan fingerprint density at radius 1 is 1.15 bits per heavy atom. The normalized spacial score (nSPS) is 28.4. The van der Waals surface area contributed by atoms with E-state index in [1.165, 1.54) is 19.1 Å². The number of quaternary nitrogens is 1. The van der Waals surface area contributed by atoms with Gasteiger partial charge in [-0.1, -0.05) is 6.42 Å². The fourth-order valence-electron chi connectivity index (χ4n) is 4.44. The van der Waals surface area contributed by atoms with Crippen LogP contribution in [0.2, 0.25) is 0 Å². The molecular formula is C19H27N4O4+. The first-order valence-electron chi connectivity index (χ1n) is 9.88. The Hall–Kier alpha value is -2.35. The Labute approximate surface area is 158 Å². The van der Waals surface area contributed by atoms with Crippen molar-refractivity contribution in [3.63, 3.8) is 0 Å². The van der Waals surface area contributed by atoms with Crippen molar-refractivity contribution in [2.75, 3.05) is 26.2 Å². The third-order valence-corrected chi connectivity index (χ3v) is 6.01. The first-order chi connectivity index (χ1) is 13.1. The zero-order valence-electron chi connectivity index (χ0n) is 15.4. The molecule has 2 aliphatic heterocycles. The van der Waals surface area contributed by atoms with Crippen LogP contribution in [-0.2, 0) is 9.59 Å². The maximum Gasteiger partial charge on any atom is 0.289 e. The molecule has 27 heavy (non-hydrogen) atoms. The number of nitrogens with two attached hydrogens (primary N) is 1. The standard InChI is InChI=1S/C19H26N4O4/c24-17(12-15-18(25)21-14-5-2-1-4-13(14)20-15)22-7-9-23(10-8-22)19(26)16-6-3-11-27-16/h3,6,11,13-15,20H,1-2,4-5,7-10,12H2,(H,21,25)/p+1/t13-,14+,15-/m1/s1. The van der Waals surface area contributed by atoms with Gasteiger partial charge in [0.05, 0.1) is 18.7 Å². The number of amides is 3. The highest BCUT2D eigenvalue weighted by molar-refractivity contribution is 5.92. The van der Waals surface area contributed by atoms with E-state index in [1.54, 1.807) is 21.9 Å². The molecule has 0 aromatic carbocycles. The third-order valence-electron chi connectivity index (χ3n) is 6.01. The van der Waals surface area contributed by atoms with Gasteiger partial charge in [0.2, 0.25) is 5.91 Å². The van der Waals surface area contributed by atoms with Crippen molar-refractivity contribution in [3.05, 3.63) is 24.2 Å². The van der Waals surface area contributed by atoms with E-state index in [0.717, 1.165) is 12.8 Å². The molecule has 146 valence electrons. The largest absolute Gasteiger partial charge is 0.459 e. The van der Waals surface area contributed by atoms with Crippen LogP contribution >= 0.6 is 0 Å². The number of hydrogen-bond donors (Lipinski definition) is 2. The quantitative estimate of drug-likeness (QED) is 0.732. The van der Waals surface area contributed by atoms with Gasteiger partial charge in [-0.3, -0.25) is 14.4 Å². The lowest BCUT2D eigenvalue weighted by atomic mass is 9.87. The molecule has 3 aliphatic rings. The maximum absolute atomic E-state index is 12.7. The summed E-state index contributed by atoms with van der Waals surface area (Å²) in [5, 5.41) is 5.22. The van der Waals surface area contributed by atoms with Crippen molar-refractivity contribution in [2.24, 2.45) is 0 Å². The van der Waals surface area contributed by atoms with Gasteiger partial charge < -0.3 is 24.9 Å².